The number of fused-ring (bicyclic) bond motifs is 1. The third-order valence-electron chi connectivity index (χ3n) is 4.01. The summed E-state index contributed by atoms with van der Waals surface area (Å²) in [6.45, 7) is 0. The van der Waals surface area contributed by atoms with Crippen LogP contribution in [0.25, 0.3) is 0 Å². The molecule has 1 heterocycles. The van der Waals surface area contributed by atoms with Crippen molar-refractivity contribution >= 4 is 22.3 Å². The maximum atomic E-state index is 11.6. The largest absolute Gasteiger partial charge is 0.478 e. The number of benzene rings is 1. The molecule has 3 rings (SSSR count). The van der Waals surface area contributed by atoms with Crippen molar-refractivity contribution in [3.63, 3.8) is 0 Å². The normalized spacial score (nSPS) is 17.6. The molecule has 1 aromatic heterocycles. The van der Waals surface area contributed by atoms with E-state index in [1.165, 1.54) is 22.5 Å². The number of rotatable bonds is 3. The van der Waals surface area contributed by atoms with E-state index in [1.54, 1.807) is 7.05 Å². The molecule has 104 valence electrons. The zero-order chi connectivity index (χ0) is 14.1. The first kappa shape index (κ1) is 13.2. The molecule has 0 radical (unpaired) electrons. The summed E-state index contributed by atoms with van der Waals surface area (Å²) in [5.41, 5.74) is 4.05. The van der Waals surface area contributed by atoms with Gasteiger partial charge in [0.2, 0.25) is 0 Å². The van der Waals surface area contributed by atoms with Crippen LogP contribution in [-0.2, 0) is 6.42 Å². The molecule has 0 amide bonds. The summed E-state index contributed by atoms with van der Waals surface area (Å²) >= 11 is 1.48. The van der Waals surface area contributed by atoms with E-state index < -0.39 is 5.97 Å². The number of carbonyl (C=O) groups is 1. The van der Waals surface area contributed by atoms with Gasteiger partial charge in [0.25, 0.3) is 0 Å². The minimum atomic E-state index is -0.839. The summed E-state index contributed by atoms with van der Waals surface area (Å²) < 4.78 is 0. The van der Waals surface area contributed by atoms with Crippen LogP contribution in [0.3, 0.4) is 0 Å². The molecule has 0 saturated heterocycles. The van der Waals surface area contributed by atoms with Crippen LogP contribution in [0.1, 0.15) is 45.8 Å². The lowest BCUT2D eigenvalue weighted by Gasteiger charge is -2.25. The fourth-order valence-electron chi connectivity index (χ4n) is 3.11. The van der Waals surface area contributed by atoms with E-state index in [9.17, 15) is 9.90 Å². The Hall–Kier alpha value is -1.81. The second-order valence-electron chi connectivity index (χ2n) is 5.09. The summed E-state index contributed by atoms with van der Waals surface area (Å²) in [6, 6.07) is 8.41. The number of anilines is 1. The lowest BCUT2D eigenvalue weighted by molar-refractivity contribution is 0.0697. The zero-order valence-electron chi connectivity index (χ0n) is 11.3. The van der Waals surface area contributed by atoms with Gasteiger partial charge < -0.3 is 10.4 Å². The summed E-state index contributed by atoms with van der Waals surface area (Å²) in [4.78, 5) is 11.6. The number of carboxylic acids is 1. The average Bonchev–Trinajstić information content (AvgIpc) is 2.90. The zero-order valence-corrected chi connectivity index (χ0v) is 12.2. The minimum absolute atomic E-state index is 0.212. The van der Waals surface area contributed by atoms with Crippen LogP contribution in [0.2, 0.25) is 0 Å². The number of hydrogen-bond acceptors (Lipinski definition) is 3. The number of hydrogen-bond donors (Lipinski definition) is 2. The van der Waals surface area contributed by atoms with Crippen molar-refractivity contribution in [1.29, 1.82) is 0 Å². The Labute approximate surface area is 122 Å². The molecule has 1 unspecified atom stereocenters. The molecule has 1 atom stereocenters. The Bertz CT molecular complexity index is 648. The van der Waals surface area contributed by atoms with Crippen LogP contribution in [0.5, 0.6) is 0 Å². The van der Waals surface area contributed by atoms with Crippen molar-refractivity contribution in [2.45, 2.75) is 25.2 Å². The van der Waals surface area contributed by atoms with Gasteiger partial charge in [-0.05, 0) is 41.3 Å². The molecule has 0 saturated carbocycles. The van der Waals surface area contributed by atoms with Gasteiger partial charge in [0.05, 0.1) is 5.56 Å². The molecular formula is C16H17NO2S. The van der Waals surface area contributed by atoms with Gasteiger partial charge in [-0.1, -0.05) is 24.3 Å². The lowest BCUT2D eigenvalue weighted by Crippen LogP contribution is -2.13. The molecule has 0 fully saturated rings. The van der Waals surface area contributed by atoms with E-state index in [0.29, 0.717) is 5.56 Å². The molecule has 1 aromatic carbocycles. The van der Waals surface area contributed by atoms with E-state index in [4.69, 9.17) is 0 Å². The molecule has 2 aromatic rings. The Balaban J connectivity index is 2.11. The molecule has 20 heavy (non-hydrogen) atoms. The Morgan fingerprint density at radius 2 is 2.15 bits per heavy atom. The molecule has 0 spiro atoms. The fraction of sp³-hybridized carbons (Fsp3) is 0.312. The van der Waals surface area contributed by atoms with Gasteiger partial charge in [0.1, 0.15) is 5.00 Å². The second-order valence-corrected chi connectivity index (χ2v) is 5.97. The smallest absolute Gasteiger partial charge is 0.339 e. The maximum absolute atomic E-state index is 11.6. The molecule has 0 bridgehead atoms. The summed E-state index contributed by atoms with van der Waals surface area (Å²) in [7, 11) is 1.77. The van der Waals surface area contributed by atoms with Gasteiger partial charge in [-0.15, -0.1) is 11.3 Å². The maximum Gasteiger partial charge on any atom is 0.339 e. The van der Waals surface area contributed by atoms with Gasteiger partial charge >= 0.3 is 5.97 Å². The minimum Gasteiger partial charge on any atom is -0.478 e. The van der Waals surface area contributed by atoms with Crippen molar-refractivity contribution in [1.82, 2.24) is 0 Å². The molecule has 1 aliphatic carbocycles. The monoisotopic (exact) mass is 287 g/mol. The number of nitrogens with one attached hydrogen (secondary N) is 1. The highest BCUT2D eigenvalue weighted by atomic mass is 32.1. The quantitative estimate of drug-likeness (QED) is 0.898. The van der Waals surface area contributed by atoms with Crippen LogP contribution in [0.4, 0.5) is 5.00 Å². The molecule has 2 N–H and O–H groups in total. The number of thiophene rings is 1. The standard InChI is InChI=1S/C16H17NO2S/c1-17-15-14(16(18)19)13(9-20-15)12-8-4-6-10-5-2-3-7-11(10)12/h2-3,5,7,9,12,17H,4,6,8H2,1H3,(H,18,19). The van der Waals surface area contributed by atoms with Crippen molar-refractivity contribution in [2.75, 3.05) is 12.4 Å². The summed E-state index contributed by atoms with van der Waals surface area (Å²) in [6.07, 6.45) is 3.24. The van der Waals surface area contributed by atoms with E-state index >= 15 is 0 Å². The highest BCUT2D eigenvalue weighted by Gasteiger charge is 2.28. The van der Waals surface area contributed by atoms with Crippen LogP contribution in [0.15, 0.2) is 29.6 Å². The highest BCUT2D eigenvalue weighted by molar-refractivity contribution is 7.14. The Morgan fingerprint density at radius 3 is 2.90 bits per heavy atom. The van der Waals surface area contributed by atoms with Gasteiger partial charge in [-0.3, -0.25) is 0 Å². The molecule has 4 heteroatoms. The third kappa shape index (κ3) is 2.10. The number of carboxylic acid groups (broad SMARTS) is 1. The summed E-state index contributed by atoms with van der Waals surface area (Å²) in [5.74, 6) is -0.627. The van der Waals surface area contributed by atoms with Gasteiger partial charge in [0, 0.05) is 13.0 Å². The topological polar surface area (TPSA) is 49.3 Å². The van der Waals surface area contributed by atoms with Crippen molar-refractivity contribution in [2.24, 2.45) is 0 Å². The molecule has 3 nitrogen and oxygen atoms in total. The summed E-state index contributed by atoms with van der Waals surface area (Å²) in [5, 5.41) is 15.3. The first-order chi connectivity index (χ1) is 9.72. The number of aryl methyl sites for hydroxylation is 1. The molecular weight excluding hydrogens is 270 g/mol. The first-order valence-electron chi connectivity index (χ1n) is 6.82. The Kier molecular flexibility index (Phi) is 3.49. The van der Waals surface area contributed by atoms with Crippen LogP contribution < -0.4 is 5.32 Å². The van der Waals surface area contributed by atoms with Gasteiger partial charge in [0.15, 0.2) is 0 Å². The SMILES string of the molecule is CNc1scc(C2CCCc3ccccc32)c1C(=O)O. The van der Waals surface area contributed by atoms with E-state index in [1.807, 2.05) is 11.4 Å². The lowest BCUT2D eigenvalue weighted by atomic mass is 9.78. The van der Waals surface area contributed by atoms with Crippen LogP contribution in [0, 0.1) is 0 Å². The van der Waals surface area contributed by atoms with Crippen LogP contribution in [-0.4, -0.2) is 18.1 Å². The van der Waals surface area contributed by atoms with E-state index in [-0.39, 0.29) is 5.92 Å². The predicted molar refractivity (Wildman–Crippen MR) is 82.0 cm³/mol. The van der Waals surface area contributed by atoms with E-state index in [2.05, 4.69) is 23.5 Å². The fourth-order valence-corrected chi connectivity index (χ4v) is 4.08. The molecule has 1 aliphatic rings. The average molecular weight is 287 g/mol. The van der Waals surface area contributed by atoms with E-state index in [0.717, 1.165) is 29.8 Å². The van der Waals surface area contributed by atoms with Crippen molar-refractivity contribution in [3.05, 3.63) is 51.9 Å². The van der Waals surface area contributed by atoms with Gasteiger partial charge in [-0.25, -0.2) is 4.79 Å². The predicted octanol–water partition coefficient (Wildman–Crippen LogP) is 3.96. The van der Waals surface area contributed by atoms with Crippen molar-refractivity contribution in [3.8, 4) is 0 Å². The molecule has 0 aliphatic heterocycles. The van der Waals surface area contributed by atoms with Crippen molar-refractivity contribution < 1.29 is 9.90 Å². The van der Waals surface area contributed by atoms with Gasteiger partial charge in [-0.2, -0.15) is 0 Å². The highest BCUT2D eigenvalue weighted by Crippen LogP contribution is 2.42. The van der Waals surface area contributed by atoms with Crippen LogP contribution >= 0.6 is 11.3 Å². The first-order valence-corrected chi connectivity index (χ1v) is 7.70. The Morgan fingerprint density at radius 1 is 1.35 bits per heavy atom. The third-order valence-corrected chi connectivity index (χ3v) is 5.02. The number of aromatic carboxylic acids is 1. The second kappa shape index (κ2) is 5.29.